The van der Waals surface area contributed by atoms with Crippen molar-refractivity contribution in [1.82, 2.24) is 9.99 Å². The van der Waals surface area contributed by atoms with Gasteiger partial charge in [0.1, 0.15) is 0 Å². The summed E-state index contributed by atoms with van der Waals surface area (Å²) in [6, 6.07) is 10.9. The number of nitrogens with one attached hydrogen (secondary N) is 1. The molecule has 3 rings (SSSR count). The second-order valence-electron chi connectivity index (χ2n) is 6.97. The fraction of sp³-hybridized carbons (Fsp3) is 0.174. The van der Waals surface area contributed by atoms with E-state index >= 15 is 0 Å². The number of hydrogen-bond acceptors (Lipinski definition) is 7. The van der Waals surface area contributed by atoms with Crippen molar-refractivity contribution in [3.63, 3.8) is 0 Å². The van der Waals surface area contributed by atoms with Gasteiger partial charge in [-0.1, -0.05) is 0 Å². The highest BCUT2D eigenvalue weighted by atomic mass is 16.5. The van der Waals surface area contributed by atoms with Crippen molar-refractivity contribution >= 4 is 18.1 Å². The molecule has 0 saturated carbocycles. The van der Waals surface area contributed by atoms with Crippen LogP contribution in [0.25, 0.3) is 5.69 Å². The summed E-state index contributed by atoms with van der Waals surface area (Å²) in [7, 11) is 0. The van der Waals surface area contributed by atoms with Crippen molar-refractivity contribution in [2.24, 2.45) is 5.10 Å². The van der Waals surface area contributed by atoms with Crippen molar-refractivity contribution in [2.45, 2.75) is 20.8 Å². The summed E-state index contributed by atoms with van der Waals surface area (Å²) in [5.41, 5.74) is 5.26. The van der Waals surface area contributed by atoms with E-state index in [-0.39, 0.29) is 17.7 Å². The van der Waals surface area contributed by atoms with Gasteiger partial charge in [-0.2, -0.15) is 5.10 Å². The number of aryl methyl sites for hydroxylation is 2. The lowest BCUT2D eigenvalue weighted by atomic mass is 10.1. The van der Waals surface area contributed by atoms with Crippen LogP contribution in [0.5, 0.6) is 17.2 Å². The molecule has 0 saturated heterocycles. The van der Waals surface area contributed by atoms with Crippen LogP contribution >= 0.6 is 0 Å². The van der Waals surface area contributed by atoms with Gasteiger partial charge in [0.05, 0.1) is 24.1 Å². The average molecular weight is 437 g/mol. The number of benzene rings is 2. The van der Waals surface area contributed by atoms with E-state index in [4.69, 9.17) is 4.74 Å². The molecule has 1 amide bonds. The minimum absolute atomic E-state index is 0.0949. The van der Waals surface area contributed by atoms with E-state index in [0.29, 0.717) is 11.3 Å². The van der Waals surface area contributed by atoms with Gasteiger partial charge in [0.15, 0.2) is 11.5 Å². The number of hydrogen-bond donors (Lipinski definition) is 4. The van der Waals surface area contributed by atoms with E-state index in [0.717, 1.165) is 17.6 Å². The van der Waals surface area contributed by atoms with E-state index in [1.54, 1.807) is 13.0 Å². The first-order chi connectivity index (χ1) is 15.2. The highest BCUT2D eigenvalue weighted by molar-refractivity contribution is 5.99. The molecule has 0 bridgehead atoms. The van der Waals surface area contributed by atoms with Crippen LogP contribution in [0.1, 0.15) is 44.6 Å². The molecule has 2 aromatic carbocycles. The van der Waals surface area contributed by atoms with Crippen molar-refractivity contribution in [3.05, 3.63) is 70.5 Å². The highest BCUT2D eigenvalue weighted by Crippen LogP contribution is 2.36. The molecule has 166 valence electrons. The lowest BCUT2D eigenvalue weighted by Gasteiger charge is -2.15. The maximum Gasteiger partial charge on any atom is 0.340 e. The van der Waals surface area contributed by atoms with Gasteiger partial charge in [0.25, 0.3) is 5.91 Å². The predicted molar refractivity (Wildman–Crippen MR) is 118 cm³/mol. The zero-order chi connectivity index (χ0) is 23.4. The molecular weight excluding hydrogens is 414 g/mol. The molecule has 0 unspecified atom stereocenters. The topological polar surface area (TPSA) is 133 Å². The Morgan fingerprint density at radius 3 is 2.38 bits per heavy atom. The zero-order valence-electron chi connectivity index (χ0n) is 17.8. The Morgan fingerprint density at radius 2 is 1.72 bits per heavy atom. The molecule has 0 atom stereocenters. The number of nitrogens with zero attached hydrogens (tertiary/aromatic N) is 2. The van der Waals surface area contributed by atoms with Gasteiger partial charge in [-0.25, -0.2) is 10.2 Å². The molecule has 32 heavy (non-hydrogen) atoms. The van der Waals surface area contributed by atoms with Crippen LogP contribution < -0.4 is 5.43 Å². The standard InChI is InChI=1S/C23H23N3O6/c1-4-32-23(31)17-9-7-15(11-18(17)26-13(2)5-6-14(26)3)22(30)25-24-12-16-8-10-19(27)21(29)20(16)28/h5-12,27-29H,4H2,1-3H3,(H,25,30)/b24-12+. The van der Waals surface area contributed by atoms with E-state index < -0.39 is 29.1 Å². The number of carbonyl (C=O) groups excluding carboxylic acids is 2. The second-order valence-corrected chi connectivity index (χ2v) is 6.97. The monoisotopic (exact) mass is 437 g/mol. The molecule has 9 heteroatoms. The molecule has 0 radical (unpaired) electrons. The number of phenolic OH excluding ortho intramolecular Hbond substituents is 3. The molecular formula is C23H23N3O6. The number of aromatic nitrogens is 1. The van der Waals surface area contributed by atoms with Gasteiger partial charge in [0, 0.05) is 22.5 Å². The van der Waals surface area contributed by atoms with Crippen molar-refractivity contribution < 1.29 is 29.6 Å². The van der Waals surface area contributed by atoms with Crippen LogP contribution in [0, 0.1) is 13.8 Å². The number of hydrazone groups is 1. The summed E-state index contributed by atoms with van der Waals surface area (Å²) in [5.74, 6) is -2.78. The molecule has 1 heterocycles. The summed E-state index contributed by atoms with van der Waals surface area (Å²) in [6.07, 6.45) is 1.13. The summed E-state index contributed by atoms with van der Waals surface area (Å²) in [6.45, 7) is 5.71. The fourth-order valence-corrected chi connectivity index (χ4v) is 3.20. The normalized spacial score (nSPS) is 11.0. The van der Waals surface area contributed by atoms with Crippen LogP contribution in [0.15, 0.2) is 47.6 Å². The van der Waals surface area contributed by atoms with E-state index in [1.807, 2.05) is 30.5 Å². The maximum atomic E-state index is 12.6. The third-order valence-electron chi connectivity index (χ3n) is 4.80. The summed E-state index contributed by atoms with van der Waals surface area (Å²) in [4.78, 5) is 25.1. The average Bonchev–Trinajstić information content (AvgIpc) is 3.11. The van der Waals surface area contributed by atoms with Crippen LogP contribution in [-0.4, -0.2) is 44.6 Å². The van der Waals surface area contributed by atoms with E-state index in [1.165, 1.54) is 24.3 Å². The molecule has 0 aliphatic carbocycles. The fourth-order valence-electron chi connectivity index (χ4n) is 3.20. The Hall–Kier alpha value is -4.27. The third kappa shape index (κ3) is 4.41. The first kappa shape index (κ1) is 22.4. The van der Waals surface area contributed by atoms with Gasteiger partial charge < -0.3 is 24.6 Å². The molecule has 0 spiro atoms. The van der Waals surface area contributed by atoms with Crippen LogP contribution in [0.4, 0.5) is 0 Å². The molecule has 0 aliphatic rings. The second kappa shape index (κ2) is 9.25. The molecule has 3 aromatic rings. The van der Waals surface area contributed by atoms with Crippen LogP contribution in [0.2, 0.25) is 0 Å². The predicted octanol–water partition coefficient (Wildman–Crippen LogP) is 3.15. The number of rotatable bonds is 6. The number of amides is 1. The number of ether oxygens (including phenoxy) is 1. The number of aromatic hydroxyl groups is 3. The van der Waals surface area contributed by atoms with Crippen molar-refractivity contribution in [2.75, 3.05) is 6.61 Å². The minimum Gasteiger partial charge on any atom is -0.504 e. The molecule has 4 N–H and O–H groups in total. The van der Waals surface area contributed by atoms with E-state index in [2.05, 4.69) is 10.5 Å². The zero-order valence-corrected chi connectivity index (χ0v) is 17.8. The molecule has 0 fully saturated rings. The Labute approximate surface area is 184 Å². The molecule has 1 aromatic heterocycles. The summed E-state index contributed by atoms with van der Waals surface area (Å²) in [5, 5.41) is 32.5. The number of esters is 1. The quantitative estimate of drug-likeness (QED) is 0.203. The largest absolute Gasteiger partial charge is 0.504 e. The summed E-state index contributed by atoms with van der Waals surface area (Å²) >= 11 is 0. The van der Waals surface area contributed by atoms with Crippen molar-refractivity contribution in [3.8, 4) is 22.9 Å². The Balaban J connectivity index is 1.91. The highest BCUT2D eigenvalue weighted by Gasteiger charge is 2.19. The number of phenols is 3. The first-order valence-electron chi connectivity index (χ1n) is 9.78. The molecule has 9 nitrogen and oxygen atoms in total. The van der Waals surface area contributed by atoms with Gasteiger partial charge in [-0.3, -0.25) is 4.79 Å². The Morgan fingerprint density at radius 1 is 1.03 bits per heavy atom. The SMILES string of the molecule is CCOC(=O)c1ccc(C(=O)N/N=C/c2ccc(O)c(O)c2O)cc1-n1c(C)ccc1C. The van der Waals surface area contributed by atoms with Gasteiger partial charge in [-0.15, -0.1) is 0 Å². The Kier molecular flexibility index (Phi) is 6.48. The maximum absolute atomic E-state index is 12.6. The summed E-state index contributed by atoms with van der Waals surface area (Å²) < 4.78 is 7.00. The van der Waals surface area contributed by atoms with Crippen LogP contribution in [0.3, 0.4) is 0 Å². The van der Waals surface area contributed by atoms with Gasteiger partial charge in [0.2, 0.25) is 5.75 Å². The Bertz CT molecular complexity index is 1190. The minimum atomic E-state index is -0.683. The smallest absolute Gasteiger partial charge is 0.340 e. The van der Waals surface area contributed by atoms with Crippen molar-refractivity contribution in [1.29, 1.82) is 0 Å². The first-order valence-corrected chi connectivity index (χ1v) is 9.78. The number of carbonyl (C=O) groups is 2. The lowest BCUT2D eigenvalue weighted by molar-refractivity contribution is 0.0526. The lowest BCUT2D eigenvalue weighted by Crippen LogP contribution is -2.19. The van der Waals surface area contributed by atoms with Gasteiger partial charge >= 0.3 is 5.97 Å². The molecule has 0 aliphatic heterocycles. The third-order valence-corrected chi connectivity index (χ3v) is 4.80. The van der Waals surface area contributed by atoms with Crippen LogP contribution in [-0.2, 0) is 4.74 Å². The van der Waals surface area contributed by atoms with E-state index in [9.17, 15) is 24.9 Å². The van der Waals surface area contributed by atoms with Gasteiger partial charge in [-0.05, 0) is 63.2 Å².